The van der Waals surface area contributed by atoms with Crippen molar-refractivity contribution in [3.8, 4) is 0 Å². The van der Waals surface area contributed by atoms with Crippen LogP contribution in [0.4, 0.5) is 0 Å². The average molecular weight is 499 g/mol. The van der Waals surface area contributed by atoms with Crippen LogP contribution in [0.5, 0.6) is 0 Å². The Labute approximate surface area is 218 Å². The zero-order chi connectivity index (χ0) is 25.9. The van der Waals surface area contributed by atoms with Crippen LogP contribution in [0.2, 0.25) is 0 Å². The number of amides is 1. The Morgan fingerprint density at radius 3 is 2.11 bits per heavy atom. The maximum Gasteiger partial charge on any atom is 0.337 e. The minimum absolute atomic E-state index is 0.121. The maximum absolute atomic E-state index is 12.1. The summed E-state index contributed by atoms with van der Waals surface area (Å²) in [6.45, 7) is 5.78. The molecular weight excluding hydrogens is 464 g/mol. The SMILES string of the molecule is O=C(/C=C/c1ccc(C(=O)O)cn1)NCCCCN1CCN(C(c2ccccc2)c2ccccc2)CC1. The molecular formula is C30H34N4O3. The summed E-state index contributed by atoms with van der Waals surface area (Å²) >= 11 is 0. The van der Waals surface area contributed by atoms with Crippen LogP contribution in [0, 0.1) is 0 Å². The molecule has 0 atom stereocenters. The molecule has 1 aromatic heterocycles. The molecule has 1 aliphatic heterocycles. The Bertz CT molecular complexity index is 1120. The Hall–Kier alpha value is -3.81. The third-order valence-corrected chi connectivity index (χ3v) is 6.64. The quantitative estimate of drug-likeness (QED) is 0.306. The van der Waals surface area contributed by atoms with Gasteiger partial charge >= 0.3 is 5.97 Å². The zero-order valence-corrected chi connectivity index (χ0v) is 21.0. The minimum Gasteiger partial charge on any atom is -0.478 e. The summed E-state index contributed by atoms with van der Waals surface area (Å²) in [5.74, 6) is -1.20. The molecule has 0 bridgehead atoms. The van der Waals surface area contributed by atoms with Crippen molar-refractivity contribution in [1.29, 1.82) is 0 Å². The minimum atomic E-state index is -1.02. The van der Waals surface area contributed by atoms with Crippen LogP contribution >= 0.6 is 0 Å². The number of rotatable bonds is 11. The van der Waals surface area contributed by atoms with Gasteiger partial charge in [0, 0.05) is 45.0 Å². The van der Waals surface area contributed by atoms with Crippen LogP contribution in [0.25, 0.3) is 6.08 Å². The lowest BCUT2D eigenvalue weighted by molar-refractivity contribution is -0.116. The van der Waals surface area contributed by atoms with E-state index in [0.717, 1.165) is 45.6 Å². The molecule has 3 aromatic rings. The molecule has 1 fully saturated rings. The van der Waals surface area contributed by atoms with Gasteiger partial charge in [0.1, 0.15) is 0 Å². The molecule has 0 saturated carbocycles. The number of carboxylic acids is 1. The van der Waals surface area contributed by atoms with Gasteiger partial charge in [-0.25, -0.2) is 4.79 Å². The second-order valence-electron chi connectivity index (χ2n) is 9.21. The molecule has 37 heavy (non-hydrogen) atoms. The van der Waals surface area contributed by atoms with Crippen LogP contribution in [0.3, 0.4) is 0 Å². The van der Waals surface area contributed by atoms with Gasteiger partial charge < -0.3 is 15.3 Å². The fourth-order valence-corrected chi connectivity index (χ4v) is 4.65. The number of hydrogen-bond acceptors (Lipinski definition) is 5. The first-order chi connectivity index (χ1) is 18.1. The predicted molar refractivity (Wildman–Crippen MR) is 145 cm³/mol. The number of nitrogens with zero attached hydrogens (tertiary/aromatic N) is 3. The molecule has 192 valence electrons. The third kappa shape index (κ3) is 7.84. The van der Waals surface area contributed by atoms with Crippen molar-refractivity contribution in [2.24, 2.45) is 0 Å². The molecule has 0 unspecified atom stereocenters. The van der Waals surface area contributed by atoms with Crippen molar-refractivity contribution in [2.75, 3.05) is 39.3 Å². The van der Waals surface area contributed by atoms with Gasteiger partial charge in [0.05, 0.1) is 17.3 Å². The fourth-order valence-electron chi connectivity index (χ4n) is 4.65. The second-order valence-corrected chi connectivity index (χ2v) is 9.21. The number of pyridine rings is 1. The van der Waals surface area contributed by atoms with E-state index in [-0.39, 0.29) is 17.5 Å². The highest BCUT2D eigenvalue weighted by Gasteiger charge is 2.26. The highest BCUT2D eigenvalue weighted by atomic mass is 16.4. The van der Waals surface area contributed by atoms with Gasteiger partial charge in [-0.1, -0.05) is 60.7 Å². The zero-order valence-electron chi connectivity index (χ0n) is 21.0. The van der Waals surface area contributed by atoms with Gasteiger partial charge in [-0.05, 0) is 48.7 Å². The number of aromatic carboxylic acids is 1. The van der Waals surface area contributed by atoms with Crippen molar-refractivity contribution in [2.45, 2.75) is 18.9 Å². The normalized spacial score (nSPS) is 14.7. The summed E-state index contributed by atoms with van der Waals surface area (Å²) in [6.07, 6.45) is 6.24. The van der Waals surface area contributed by atoms with Gasteiger partial charge in [-0.2, -0.15) is 0 Å². The third-order valence-electron chi connectivity index (χ3n) is 6.64. The molecule has 4 rings (SSSR count). The monoisotopic (exact) mass is 498 g/mol. The predicted octanol–water partition coefficient (Wildman–Crippen LogP) is 4.10. The maximum atomic E-state index is 12.1. The van der Waals surface area contributed by atoms with Crippen molar-refractivity contribution in [3.05, 3.63) is 107 Å². The highest BCUT2D eigenvalue weighted by Crippen LogP contribution is 2.29. The van der Waals surface area contributed by atoms with E-state index in [2.05, 4.69) is 80.8 Å². The number of benzene rings is 2. The van der Waals surface area contributed by atoms with E-state index in [4.69, 9.17) is 5.11 Å². The molecule has 7 nitrogen and oxygen atoms in total. The molecule has 0 aliphatic carbocycles. The van der Waals surface area contributed by atoms with Crippen LogP contribution in [0.1, 0.15) is 46.1 Å². The standard InChI is InChI=1S/C30H34N4O3/c35-28(16-15-27-14-13-26(23-32-27)30(36)37)31-17-7-8-18-33-19-21-34(22-20-33)29(24-9-3-1-4-10-24)25-11-5-2-6-12-25/h1-6,9-16,23,29H,7-8,17-22H2,(H,31,35)(H,36,37)/b16-15+. The second kappa shape index (κ2) is 13.5. The largest absolute Gasteiger partial charge is 0.478 e. The van der Waals surface area contributed by atoms with E-state index < -0.39 is 5.97 Å². The van der Waals surface area contributed by atoms with Crippen LogP contribution < -0.4 is 5.32 Å². The fraction of sp³-hybridized carbons (Fsp3) is 0.300. The number of carboxylic acid groups (broad SMARTS) is 1. The molecule has 1 amide bonds. The summed E-state index contributed by atoms with van der Waals surface area (Å²) in [5, 5.41) is 11.8. The van der Waals surface area contributed by atoms with Crippen molar-refractivity contribution < 1.29 is 14.7 Å². The molecule has 2 heterocycles. The summed E-state index contributed by atoms with van der Waals surface area (Å²) in [6, 6.07) is 24.8. The Morgan fingerprint density at radius 1 is 0.892 bits per heavy atom. The number of unbranched alkanes of at least 4 members (excludes halogenated alkanes) is 1. The van der Waals surface area contributed by atoms with E-state index in [1.54, 1.807) is 12.1 Å². The number of carbonyl (C=O) groups excluding carboxylic acids is 1. The van der Waals surface area contributed by atoms with Gasteiger partial charge in [0.2, 0.25) is 5.91 Å². The van der Waals surface area contributed by atoms with Gasteiger partial charge in [-0.15, -0.1) is 0 Å². The average Bonchev–Trinajstić information content (AvgIpc) is 2.94. The van der Waals surface area contributed by atoms with E-state index in [9.17, 15) is 9.59 Å². The Kier molecular flexibility index (Phi) is 9.57. The Balaban J connectivity index is 1.16. The lowest BCUT2D eigenvalue weighted by atomic mass is 9.96. The number of piperazine rings is 1. The number of hydrogen-bond donors (Lipinski definition) is 2. The molecule has 0 spiro atoms. The molecule has 7 heteroatoms. The van der Waals surface area contributed by atoms with Crippen molar-refractivity contribution in [1.82, 2.24) is 20.1 Å². The lowest BCUT2D eigenvalue weighted by Gasteiger charge is -2.39. The summed E-state index contributed by atoms with van der Waals surface area (Å²) < 4.78 is 0. The van der Waals surface area contributed by atoms with Gasteiger partial charge in [0.15, 0.2) is 0 Å². The number of nitrogens with one attached hydrogen (secondary N) is 1. The van der Waals surface area contributed by atoms with Crippen LogP contribution in [-0.4, -0.2) is 71.0 Å². The van der Waals surface area contributed by atoms with Gasteiger partial charge in [0.25, 0.3) is 0 Å². The summed E-state index contributed by atoms with van der Waals surface area (Å²) in [5.41, 5.74) is 3.33. The molecule has 2 aromatic carbocycles. The first-order valence-corrected chi connectivity index (χ1v) is 12.8. The highest BCUT2D eigenvalue weighted by molar-refractivity contribution is 5.91. The van der Waals surface area contributed by atoms with E-state index >= 15 is 0 Å². The van der Waals surface area contributed by atoms with Crippen molar-refractivity contribution >= 4 is 18.0 Å². The summed E-state index contributed by atoms with van der Waals surface area (Å²) in [7, 11) is 0. The van der Waals surface area contributed by atoms with E-state index in [0.29, 0.717) is 12.2 Å². The molecule has 2 N–H and O–H groups in total. The first-order valence-electron chi connectivity index (χ1n) is 12.8. The van der Waals surface area contributed by atoms with Crippen LogP contribution in [-0.2, 0) is 4.79 Å². The topological polar surface area (TPSA) is 85.8 Å². The van der Waals surface area contributed by atoms with E-state index in [1.165, 1.54) is 29.5 Å². The summed E-state index contributed by atoms with van der Waals surface area (Å²) in [4.78, 5) is 32.0. The first kappa shape index (κ1) is 26.3. The van der Waals surface area contributed by atoms with E-state index in [1.807, 2.05) is 0 Å². The lowest BCUT2D eigenvalue weighted by Crippen LogP contribution is -2.48. The van der Waals surface area contributed by atoms with Crippen LogP contribution in [0.15, 0.2) is 85.1 Å². The van der Waals surface area contributed by atoms with Gasteiger partial charge in [-0.3, -0.25) is 14.7 Å². The smallest absolute Gasteiger partial charge is 0.337 e. The number of aromatic nitrogens is 1. The molecule has 0 radical (unpaired) electrons. The molecule has 1 aliphatic rings. The Morgan fingerprint density at radius 2 is 1.54 bits per heavy atom. The number of carbonyl (C=O) groups is 2. The van der Waals surface area contributed by atoms with Crippen molar-refractivity contribution in [3.63, 3.8) is 0 Å². The molecule has 1 saturated heterocycles.